The molecule has 0 aliphatic heterocycles. The lowest BCUT2D eigenvalue weighted by atomic mass is 10.1. The molecule has 2 atom stereocenters. The van der Waals surface area contributed by atoms with Gasteiger partial charge >= 0.3 is 6.09 Å². The van der Waals surface area contributed by atoms with Crippen LogP contribution in [0.3, 0.4) is 0 Å². The minimum absolute atomic E-state index is 0.160. The van der Waals surface area contributed by atoms with Crippen LogP contribution in [0.25, 0.3) is 0 Å². The minimum atomic E-state index is -1.20. The summed E-state index contributed by atoms with van der Waals surface area (Å²) in [5.74, 6) is -0.757. The van der Waals surface area contributed by atoms with E-state index in [1.165, 1.54) is 0 Å². The molecule has 2 aromatic carbocycles. The number of carbonyl (C=O) groups excluding carboxylic acids is 4. The molecule has 0 saturated heterocycles. The SMILES string of the molecule is CCc1ccccc1NC(=O)CSC(=O)NNC(=O)[C@@H](NC(=O)OC(C)(C)C)C(C)Oc1ccccc1. The lowest BCUT2D eigenvalue weighted by molar-refractivity contribution is -0.125. The molecule has 0 bridgehead atoms. The Morgan fingerprint density at radius 3 is 2.24 bits per heavy atom. The van der Waals surface area contributed by atoms with Gasteiger partial charge in [0.1, 0.15) is 23.5 Å². The molecule has 0 aliphatic rings. The average molecular weight is 531 g/mol. The van der Waals surface area contributed by atoms with Crippen LogP contribution in [0.2, 0.25) is 0 Å². The molecule has 0 aliphatic carbocycles. The first kappa shape index (κ1) is 29.5. The monoisotopic (exact) mass is 530 g/mol. The molecule has 2 aromatic rings. The quantitative estimate of drug-likeness (QED) is 0.360. The molecule has 4 N–H and O–H groups in total. The third kappa shape index (κ3) is 10.8. The maximum atomic E-state index is 12.9. The van der Waals surface area contributed by atoms with Crippen LogP contribution in [0.5, 0.6) is 5.75 Å². The number of aryl methyl sites for hydroxylation is 1. The Morgan fingerprint density at radius 1 is 0.946 bits per heavy atom. The number of rotatable bonds is 9. The summed E-state index contributed by atoms with van der Waals surface area (Å²) in [5.41, 5.74) is 5.40. The maximum absolute atomic E-state index is 12.9. The first-order valence-corrected chi connectivity index (χ1v) is 12.8. The number of ether oxygens (including phenoxy) is 2. The topological polar surface area (TPSA) is 135 Å². The molecule has 0 saturated carbocycles. The Hall–Kier alpha value is -3.73. The number of hydrogen-bond acceptors (Lipinski definition) is 7. The van der Waals surface area contributed by atoms with Gasteiger partial charge in [0.05, 0.1) is 5.75 Å². The van der Waals surface area contributed by atoms with E-state index in [1.807, 2.05) is 31.2 Å². The number of alkyl carbamates (subject to hydrolysis) is 1. The smallest absolute Gasteiger partial charge is 0.408 e. The molecule has 0 radical (unpaired) electrons. The number of thioether (sulfide) groups is 1. The van der Waals surface area contributed by atoms with Gasteiger partial charge in [0.25, 0.3) is 11.1 Å². The number of carbonyl (C=O) groups is 4. The molecule has 200 valence electrons. The normalized spacial score (nSPS) is 12.5. The Kier molecular flexibility index (Phi) is 11.3. The van der Waals surface area contributed by atoms with Crippen molar-refractivity contribution in [1.29, 1.82) is 0 Å². The predicted molar refractivity (Wildman–Crippen MR) is 143 cm³/mol. The third-order valence-electron chi connectivity index (χ3n) is 4.78. The van der Waals surface area contributed by atoms with Gasteiger partial charge in [-0.3, -0.25) is 25.2 Å². The van der Waals surface area contributed by atoms with E-state index in [2.05, 4.69) is 21.5 Å². The van der Waals surface area contributed by atoms with E-state index in [4.69, 9.17) is 9.47 Å². The average Bonchev–Trinajstić information content (AvgIpc) is 2.84. The van der Waals surface area contributed by atoms with Gasteiger partial charge in [-0.1, -0.05) is 55.1 Å². The van der Waals surface area contributed by atoms with E-state index in [0.717, 1.165) is 12.0 Å². The second-order valence-corrected chi connectivity index (χ2v) is 9.96. The van der Waals surface area contributed by atoms with Gasteiger partial charge in [0.15, 0.2) is 0 Å². The van der Waals surface area contributed by atoms with Gasteiger partial charge in [-0.05, 0) is 57.9 Å². The molecule has 0 aromatic heterocycles. The van der Waals surface area contributed by atoms with Gasteiger partial charge in [-0.2, -0.15) is 0 Å². The van der Waals surface area contributed by atoms with Crippen molar-refractivity contribution >= 4 is 40.6 Å². The van der Waals surface area contributed by atoms with E-state index in [0.29, 0.717) is 23.2 Å². The van der Waals surface area contributed by atoms with Crippen molar-refractivity contribution < 1.29 is 28.7 Å². The number of para-hydroxylation sites is 2. The Labute approximate surface area is 221 Å². The molecule has 2 rings (SSSR count). The lowest BCUT2D eigenvalue weighted by Gasteiger charge is -2.27. The summed E-state index contributed by atoms with van der Waals surface area (Å²) in [5, 5.41) is 4.61. The summed E-state index contributed by atoms with van der Waals surface area (Å²) in [6, 6.07) is 15.0. The highest BCUT2D eigenvalue weighted by molar-refractivity contribution is 8.14. The van der Waals surface area contributed by atoms with Crippen molar-refractivity contribution in [2.45, 2.75) is 58.8 Å². The fraction of sp³-hybridized carbons (Fsp3) is 0.385. The first-order chi connectivity index (χ1) is 17.5. The molecule has 0 spiro atoms. The third-order valence-corrected chi connectivity index (χ3v) is 5.55. The minimum Gasteiger partial charge on any atom is -0.488 e. The summed E-state index contributed by atoms with van der Waals surface area (Å²) in [7, 11) is 0. The van der Waals surface area contributed by atoms with Crippen LogP contribution >= 0.6 is 11.8 Å². The lowest BCUT2D eigenvalue weighted by Crippen LogP contribution is -2.57. The van der Waals surface area contributed by atoms with Crippen LogP contribution in [-0.4, -0.2) is 46.6 Å². The molecule has 10 nitrogen and oxygen atoms in total. The Balaban J connectivity index is 1.92. The predicted octanol–water partition coefficient (Wildman–Crippen LogP) is 4.02. The standard InChI is InChI=1S/C26H34N4O6S/c1-6-18-12-10-11-15-20(18)27-21(31)16-37-25(34)30-29-23(32)22(28-24(33)36-26(3,4)5)17(2)35-19-13-8-7-9-14-19/h7-15,17,22H,6,16H2,1-5H3,(H,27,31)(H,28,33)(H,29,32)(H,30,34)/t17?,22-/m0/s1. The number of benzene rings is 2. The van der Waals surface area contributed by atoms with Crippen LogP contribution in [0, 0.1) is 0 Å². The van der Waals surface area contributed by atoms with Crippen molar-refractivity contribution in [2.75, 3.05) is 11.1 Å². The number of anilines is 1. The molecule has 0 fully saturated rings. The van der Waals surface area contributed by atoms with Crippen LogP contribution in [0.15, 0.2) is 54.6 Å². The highest BCUT2D eigenvalue weighted by Crippen LogP contribution is 2.16. The summed E-state index contributed by atoms with van der Waals surface area (Å²) in [6.45, 7) is 8.66. The largest absolute Gasteiger partial charge is 0.488 e. The van der Waals surface area contributed by atoms with E-state index in [-0.39, 0.29) is 11.7 Å². The fourth-order valence-electron chi connectivity index (χ4n) is 3.11. The van der Waals surface area contributed by atoms with Gasteiger partial charge in [0, 0.05) is 5.69 Å². The molecule has 0 heterocycles. The molecular formula is C26H34N4O6S. The van der Waals surface area contributed by atoms with E-state index in [1.54, 1.807) is 58.0 Å². The van der Waals surface area contributed by atoms with E-state index >= 15 is 0 Å². The summed E-state index contributed by atoms with van der Waals surface area (Å²) >= 11 is 0.684. The van der Waals surface area contributed by atoms with Crippen molar-refractivity contribution in [3.8, 4) is 5.75 Å². The zero-order chi connectivity index (χ0) is 27.4. The van der Waals surface area contributed by atoms with Crippen LogP contribution in [-0.2, 0) is 20.7 Å². The number of nitrogens with one attached hydrogen (secondary N) is 4. The Morgan fingerprint density at radius 2 is 1.59 bits per heavy atom. The van der Waals surface area contributed by atoms with Crippen molar-refractivity contribution in [1.82, 2.24) is 16.2 Å². The Bertz CT molecular complexity index is 1070. The van der Waals surface area contributed by atoms with Crippen LogP contribution in [0.4, 0.5) is 15.3 Å². The van der Waals surface area contributed by atoms with Gasteiger partial charge in [-0.15, -0.1) is 0 Å². The molecular weight excluding hydrogens is 496 g/mol. The van der Waals surface area contributed by atoms with Gasteiger partial charge in [0.2, 0.25) is 5.91 Å². The number of hydrazine groups is 1. The van der Waals surface area contributed by atoms with E-state index < -0.39 is 35.0 Å². The van der Waals surface area contributed by atoms with Crippen LogP contribution < -0.4 is 26.2 Å². The maximum Gasteiger partial charge on any atom is 0.408 e. The fourth-order valence-corrected chi connectivity index (χ4v) is 3.56. The van der Waals surface area contributed by atoms with E-state index in [9.17, 15) is 19.2 Å². The second-order valence-electron chi connectivity index (χ2n) is 9.01. The summed E-state index contributed by atoms with van der Waals surface area (Å²) in [6.07, 6.45) is -0.883. The molecule has 37 heavy (non-hydrogen) atoms. The van der Waals surface area contributed by atoms with Crippen molar-refractivity contribution in [3.63, 3.8) is 0 Å². The van der Waals surface area contributed by atoms with Crippen LogP contribution in [0.1, 0.15) is 40.2 Å². The summed E-state index contributed by atoms with van der Waals surface area (Å²) < 4.78 is 11.0. The molecule has 11 heteroatoms. The number of amides is 4. The summed E-state index contributed by atoms with van der Waals surface area (Å²) in [4.78, 5) is 49.7. The second kappa shape index (κ2) is 14.1. The highest BCUT2D eigenvalue weighted by Gasteiger charge is 2.31. The number of hydrogen-bond donors (Lipinski definition) is 4. The van der Waals surface area contributed by atoms with Gasteiger partial charge < -0.3 is 20.1 Å². The zero-order valence-electron chi connectivity index (χ0n) is 21.6. The molecule has 1 unspecified atom stereocenters. The first-order valence-electron chi connectivity index (χ1n) is 11.8. The van der Waals surface area contributed by atoms with Crippen molar-refractivity contribution in [2.24, 2.45) is 0 Å². The van der Waals surface area contributed by atoms with Gasteiger partial charge in [-0.25, -0.2) is 4.79 Å². The molecule has 4 amide bonds. The highest BCUT2D eigenvalue weighted by atomic mass is 32.2. The van der Waals surface area contributed by atoms with Crippen molar-refractivity contribution in [3.05, 3.63) is 60.2 Å². The zero-order valence-corrected chi connectivity index (χ0v) is 22.4.